The third-order valence-corrected chi connectivity index (χ3v) is 5.30. The number of anilines is 1. The van der Waals surface area contributed by atoms with Crippen LogP contribution in [0.1, 0.15) is 12.5 Å². The van der Waals surface area contributed by atoms with E-state index in [0.29, 0.717) is 33.0 Å². The van der Waals surface area contributed by atoms with Crippen LogP contribution in [0.15, 0.2) is 36.4 Å². The fourth-order valence-corrected chi connectivity index (χ4v) is 3.53. The van der Waals surface area contributed by atoms with Crippen molar-refractivity contribution < 1.29 is 14.3 Å². The highest BCUT2D eigenvalue weighted by Crippen LogP contribution is 2.31. The molecule has 0 saturated carbocycles. The predicted octanol–water partition coefficient (Wildman–Crippen LogP) is 5.27. The highest BCUT2D eigenvalue weighted by Gasteiger charge is 2.15. The topological polar surface area (TPSA) is 47.6 Å². The average Bonchev–Trinajstić information content (AvgIpc) is 2.60. The quantitative estimate of drug-likeness (QED) is 0.688. The van der Waals surface area contributed by atoms with E-state index in [9.17, 15) is 4.79 Å². The summed E-state index contributed by atoms with van der Waals surface area (Å²) in [4.78, 5) is 12.4. The van der Waals surface area contributed by atoms with Gasteiger partial charge in [0.2, 0.25) is 5.91 Å². The Balaban J connectivity index is 1.96. The van der Waals surface area contributed by atoms with Gasteiger partial charge >= 0.3 is 0 Å². The van der Waals surface area contributed by atoms with E-state index in [0.717, 1.165) is 5.56 Å². The molecule has 4 nitrogen and oxygen atoms in total. The Bertz CT molecular complexity index is 755. The molecule has 1 N–H and O–H groups in total. The lowest BCUT2D eigenvalue weighted by Gasteiger charge is -2.14. The Morgan fingerprint density at radius 1 is 1.12 bits per heavy atom. The van der Waals surface area contributed by atoms with Crippen LogP contribution in [0.2, 0.25) is 10.0 Å². The molecule has 25 heavy (non-hydrogen) atoms. The summed E-state index contributed by atoms with van der Waals surface area (Å²) in [6, 6.07) is 10.6. The van der Waals surface area contributed by atoms with Gasteiger partial charge in [-0.1, -0.05) is 29.3 Å². The smallest absolute Gasteiger partial charge is 0.237 e. The zero-order valence-electron chi connectivity index (χ0n) is 14.1. The normalized spacial score (nSPS) is 11.7. The van der Waals surface area contributed by atoms with Gasteiger partial charge in [0.1, 0.15) is 0 Å². The van der Waals surface area contributed by atoms with Crippen molar-refractivity contribution in [3.05, 3.63) is 52.0 Å². The standard InChI is InChI=1S/C18H19Cl2NO3S/c1-11(25-10-12-4-5-13(19)8-15(12)20)18(22)21-14-6-7-16(23-2)17(9-14)24-3/h4-9,11H,10H2,1-3H3,(H,21,22). The summed E-state index contributed by atoms with van der Waals surface area (Å²) < 4.78 is 10.4. The molecule has 0 spiro atoms. The molecule has 2 aromatic rings. The van der Waals surface area contributed by atoms with Crippen LogP contribution >= 0.6 is 35.0 Å². The minimum absolute atomic E-state index is 0.0951. The van der Waals surface area contributed by atoms with E-state index in [4.69, 9.17) is 32.7 Å². The van der Waals surface area contributed by atoms with Gasteiger partial charge in [-0.3, -0.25) is 4.79 Å². The molecule has 1 amide bonds. The molecule has 7 heteroatoms. The number of carbonyl (C=O) groups excluding carboxylic acids is 1. The van der Waals surface area contributed by atoms with Gasteiger partial charge in [0.05, 0.1) is 19.5 Å². The molecule has 1 unspecified atom stereocenters. The summed E-state index contributed by atoms with van der Waals surface area (Å²) in [5.74, 6) is 1.70. The number of carbonyl (C=O) groups is 1. The van der Waals surface area contributed by atoms with Crippen molar-refractivity contribution in [3.63, 3.8) is 0 Å². The van der Waals surface area contributed by atoms with Gasteiger partial charge in [0, 0.05) is 27.6 Å². The van der Waals surface area contributed by atoms with E-state index in [1.165, 1.54) is 11.8 Å². The summed E-state index contributed by atoms with van der Waals surface area (Å²) in [6.07, 6.45) is 0. The number of ether oxygens (including phenoxy) is 2. The number of amides is 1. The number of halogens is 2. The third kappa shape index (κ3) is 5.46. The molecule has 134 valence electrons. The van der Waals surface area contributed by atoms with Crippen LogP contribution in [-0.4, -0.2) is 25.4 Å². The minimum Gasteiger partial charge on any atom is -0.493 e. The van der Waals surface area contributed by atoms with Crippen LogP contribution in [0, 0.1) is 0 Å². The third-order valence-electron chi connectivity index (χ3n) is 3.52. The monoisotopic (exact) mass is 399 g/mol. The Hall–Kier alpha value is -1.56. The van der Waals surface area contributed by atoms with Crippen LogP contribution in [0.3, 0.4) is 0 Å². The molecule has 0 aliphatic carbocycles. The van der Waals surface area contributed by atoms with Crippen molar-refractivity contribution in [2.45, 2.75) is 17.9 Å². The van der Waals surface area contributed by atoms with E-state index in [-0.39, 0.29) is 11.2 Å². The SMILES string of the molecule is COc1ccc(NC(=O)C(C)SCc2ccc(Cl)cc2Cl)cc1OC. The largest absolute Gasteiger partial charge is 0.493 e. The molecule has 0 fully saturated rings. The lowest BCUT2D eigenvalue weighted by molar-refractivity contribution is -0.115. The van der Waals surface area contributed by atoms with Crippen LogP contribution < -0.4 is 14.8 Å². The van der Waals surface area contributed by atoms with Gasteiger partial charge in [-0.2, -0.15) is 0 Å². The summed E-state index contributed by atoms with van der Waals surface area (Å²) in [5.41, 5.74) is 1.60. The first-order valence-corrected chi connectivity index (χ1v) is 9.33. The molecule has 0 aromatic heterocycles. The van der Waals surface area contributed by atoms with E-state index < -0.39 is 0 Å². The van der Waals surface area contributed by atoms with Gasteiger partial charge < -0.3 is 14.8 Å². The summed E-state index contributed by atoms with van der Waals surface area (Å²) >= 11 is 13.6. The average molecular weight is 400 g/mol. The molecule has 0 aliphatic heterocycles. The maximum absolute atomic E-state index is 12.4. The van der Waals surface area contributed by atoms with Crippen molar-refractivity contribution in [2.75, 3.05) is 19.5 Å². The van der Waals surface area contributed by atoms with Crippen molar-refractivity contribution >= 4 is 46.6 Å². The van der Waals surface area contributed by atoms with Gasteiger partial charge in [-0.05, 0) is 36.8 Å². The van der Waals surface area contributed by atoms with Crippen molar-refractivity contribution in [1.29, 1.82) is 0 Å². The van der Waals surface area contributed by atoms with E-state index in [2.05, 4.69) is 5.32 Å². The number of benzene rings is 2. The Morgan fingerprint density at radius 2 is 1.84 bits per heavy atom. The summed E-state index contributed by atoms with van der Waals surface area (Å²) in [7, 11) is 3.12. The lowest BCUT2D eigenvalue weighted by atomic mass is 10.2. The van der Waals surface area contributed by atoms with Crippen LogP contribution in [0.5, 0.6) is 11.5 Å². The fraction of sp³-hybridized carbons (Fsp3) is 0.278. The molecular formula is C18H19Cl2NO3S. The molecule has 2 rings (SSSR count). The van der Waals surface area contributed by atoms with Gasteiger partial charge in [0.15, 0.2) is 11.5 Å². The molecule has 1 atom stereocenters. The second-order valence-electron chi connectivity index (χ2n) is 5.25. The molecule has 0 bridgehead atoms. The molecular weight excluding hydrogens is 381 g/mol. The second-order valence-corrected chi connectivity index (χ2v) is 7.42. The Kier molecular flexibility index (Phi) is 7.29. The first kappa shape index (κ1) is 19.8. The second kappa shape index (κ2) is 9.22. The first-order chi connectivity index (χ1) is 11.9. The van der Waals surface area contributed by atoms with E-state index in [1.807, 2.05) is 13.0 Å². The first-order valence-electron chi connectivity index (χ1n) is 7.53. The van der Waals surface area contributed by atoms with E-state index in [1.54, 1.807) is 44.6 Å². The highest BCUT2D eigenvalue weighted by atomic mass is 35.5. The fourth-order valence-electron chi connectivity index (χ4n) is 2.09. The number of nitrogens with one attached hydrogen (secondary N) is 1. The zero-order chi connectivity index (χ0) is 18.4. The van der Waals surface area contributed by atoms with Crippen molar-refractivity contribution in [1.82, 2.24) is 0 Å². The van der Waals surface area contributed by atoms with Gasteiger partial charge in [-0.15, -0.1) is 11.8 Å². The minimum atomic E-state index is -0.250. The van der Waals surface area contributed by atoms with Crippen LogP contribution in [0.4, 0.5) is 5.69 Å². The van der Waals surface area contributed by atoms with Gasteiger partial charge in [0.25, 0.3) is 0 Å². The molecule has 2 aromatic carbocycles. The predicted molar refractivity (Wildman–Crippen MR) is 105 cm³/mol. The van der Waals surface area contributed by atoms with Crippen molar-refractivity contribution in [2.24, 2.45) is 0 Å². The maximum atomic E-state index is 12.4. The summed E-state index contributed by atoms with van der Waals surface area (Å²) in [5, 5.41) is 3.83. The molecule has 0 aliphatic rings. The summed E-state index contributed by atoms with van der Waals surface area (Å²) in [6.45, 7) is 1.85. The number of hydrogen-bond acceptors (Lipinski definition) is 4. The molecule has 0 saturated heterocycles. The van der Waals surface area contributed by atoms with E-state index >= 15 is 0 Å². The number of methoxy groups -OCH3 is 2. The Morgan fingerprint density at radius 3 is 2.48 bits per heavy atom. The lowest BCUT2D eigenvalue weighted by Crippen LogP contribution is -2.22. The molecule has 0 heterocycles. The number of thioether (sulfide) groups is 1. The number of rotatable bonds is 7. The van der Waals surface area contributed by atoms with Crippen LogP contribution in [-0.2, 0) is 10.5 Å². The Labute approximate surface area is 161 Å². The maximum Gasteiger partial charge on any atom is 0.237 e. The van der Waals surface area contributed by atoms with Gasteiger partial charge in [-0.25, -0.2) is 0 Å². The van der Waals surface area contributed by atoms with Crippen LogP contribution in [0.25, 0.3) is 0 Å². The van der Waals surface area contributed by atoms with Crippen molar-refractivity contribution in [3.8, 4) is 11.5 Å². The highest BCUT2D eigenvalue weighted by molar-refractivity contribution is 7.99. The zero-order valence-corrected chi connectivity index (χ0v) is 16.5. The number of hydrogen-bond donors (Lipinski definition) is 1. The molecule has 0 radical (unpaired) electrons.